The molecule has 0 aromatic rings. The maximum Gasteiger partial charge on any atom is 0.303 e. The third-order valence-electron chi connectivity index (χ3n) is 1.88. The molecule has 0 saturated carbocycles. The van der Waals surface area contributed by atoms with Gasteiger partial charge >= 0.3 is 17.9 Å². The highest BCUT2D eigenvalue weighted by Crippen LogP contribution is 2.12. The van der Waals surface area contributed by atoms with Gasteiger partial charge in [0, 0.05) is 20.8 Å². The van der Waals surface area contributed by atoms with Crippen LogP contribution in [0.4, 0.5) is 0 Å². The molecule has 102 valence electrons. The molecule has 0 unspecified atom stereocenters. The summed E-state index contributed by atoms with van der Waals surface area (Å²) in [6.45, 7) is 4.83. The maximum absolute atomic E-state index is 10.9. The lowest BCUT2D eigenvalue weighted by atomic mass is 10.1. The van der Waals surface area contributed by atoms with E-state index in [1.54, 1.807) is 0 Å². The van der Waals surface area contributed by atoms with Gasteiger partial charge in [-0.2, -0.15) is 0 Å². The Morgan fingerprint density at radius 3 is 1.67 bits per heavy atom. The van der Waals surface area contributed by atoms with E-state index in [1.807, 2.05) is 0 Å². The summed E-state index contributed by atoms with van der Waals surface area (Å²) >= 11 is 0. The van der Waals surface area contributed by atoms with Gasteiger partial charge in [-0.05, 0) is 6.92 Å². The molecule has 0 aromatic heterocycles. The quantitative estimate of drug-likeness (QED) is 0.376. The summed E-state index contributed by atoms with van der Waals surface area (Å²) in [6.07, 6.45) is -3.09. The van der Waals surface area contributed by atoms with Crippen molar-refractivity contribution in [3.8, 4) is 0 Å². The Bertz CT molecular complexity index is 336. The lowest BCUT2D eigenvalue weighted by molar-refractivity contribution is -0.181. The molecule has 0 rings (SSSR count). The molecule has 3 atom stereocenters. The Morgan fingerprint density at radius 2 is 1.33 bits per heavy atom. The Hall–Kier alpha value is -1.92. The van der Waals surface area contributed by atoms with E-state index in [0.29, 0.717) is 6.29 Å². The van der Waals surface area contributed by atoms with Crippen molar-refractivity contribution in [3.05, 3.63) is 0 Å². The normalized spacial score (nSPS) is 14.9. The van der Waals surface area contributed by atoms with Crippen LogP contribution in [0.15, 0.2) is 0 Å². The van der Waals surface area contributed by atoms with Gasteiger partial charge in [-0.15, -0.1) is 0 Å². The van der Waals surface area contributed by atoms with Crippen LogP contribution in [-0.4, -0.2) is 42.5 Å². The van der Waals surface area contributed by atoms with E-state index in [1.165, 1.54) is 13.8 Å². The number of ether oxygens (including phenoxy) is 3. The maximum atomic E-state index is 10.9. The topological polar surface area (TPSA) is 96.0 Å². The zero-order valence-electron chi connectivity index (χ0n) is 10.7. The Balaban J connectivity index is 4.92. The van der Waals surface area contributed by atoms with Gasteiger partial charge in [-0.1, -0.05) is 0 Å². The van der Waals surface area contributed by atoms with Crippen molar-refractivity contribution < 1.29 is 33.4 Å². The fourth-order valence-corrected chi connectivity index (χ4v) is 1.31. The van der Waals surface area contributed by atoms with Crippen LogP contribution in [0.25, 0.3) is 0 Å². The van der Waals surface area contributed by atoms with Gasteiger partial charge in [0.15, 0.2) is 18.5 Å². The lowest BCUT2D eigenvalue weighted by Crippen LogP contribution is -2.44. The molecule has 7 nitrogen and oxygen atoms in total. The van der Waals surface area contributed by atoms with Gasteiger partial charge in [0.05, 0.1) is 0 Å². The summed E-state index contributed by atoms with van der Waals surface area (Å²) in [5.74, 6) is -2.00. The molecule has 0 aliphatic carbocycles. The summed E-state index contributed by atoms with van der Waals surface area (Å²) < 4.78 is 14.3. The van der Waals surface area contributed by atoms with Gasteiger partial charge in [-0.3, -0.25) is 19.2 Å². The van der Waals surface area contributed by atoms with Crippen LogP contribution >= 0.6 is 0 Å². The molecule has 0 aliphatic heterocycles. The Morgan fingerprint density at radius 1 is 0.889 bits per heavy atom. The lowest BCUT2D eigenvalue weighted by Gasteiger charge is -2.26. The minimum atomic E-state index is -1.32. The highest BCUT2D eigenvalue weighted by Gasteiger charge is 2.34. The molecule has 0 aliphatic rings. The van der Waals surface area contributed by atoms with E-state index >= 15 is 0 Å². The van der Waals surface area contributed by atoms with E-state index in [-0.39, 0.29) is 0 Å². The monoisotopic (exact) mass is 260 g/mol. The first-order valence-electron chi connectivity index (χ1n) is 5.24. The van der Waals surface area contributed by atoms with Crippen LogP contribution in [0.2, 0.25) is 0 Å². The van der Waals surface area contributed by atoms with Gasteiger partial charge in [0.1, 0.15) is 6.10 Å². The summed E-state index contributed by atoms with van der Waals surface area (Å²) in [6, 6.07) is 0. The molecular formula is C11H16O7. The smallest absolute Gasteiger partial charge is 0.303 e. The first-order valence-corrected chi connectivity index (χ1v) is 5.24. The summed E-state index contributed by atoms with van der Waals surface area (Å²) in [5, 5.41) is 0. The number of hydrogen-bond donors (Lipinski definition) is 0. The van der Waals surface area contributed by atoms with Gasteiger partial charge in [0.2, 0.25) is 0 Å². The predicted molar refractivity (Wildman–Crippen MR) is 58.4 cm³/mol. The van der Waals surface area contributed by atoms with E-state index in [9.17, 15) is 19.2 Å². The SMILES string of the molecule is CC(=O)O[C@@H]([C@H](C=O)OC(C)=O)[C@@H](C)OC(C)=O. The molecule has 18 heavy (non-hydrogen) atoms. The zero-order chi connectivity index (χ0) is 14.3. The van der Waals surface area contributed by atoms with Crippen molar-refractivity contribution in [3.63, 3.8) is 0 Å². The minimum Gasteiger partial charge on any atom is -0.459 e. The van der Waals surface area contributed by atoms with E-state index in [4.69, 9.17) is 9.47 Å². The van der Waals surface area contributed by atoms with Gasteiger partial charge in [0.25, 0.3) is 0 Å². The summed E-state index contributed by atoms with van der Waals surface area (Å²) in [5.41, 5.74) is 0. The van der Waals surface area contributed by atoms with Gasteiger partial charge in [-0.25, -0.2) is 0 Å². The highest BCUT2D eigenvalue weighted by molar-refractivity contribution is 5.72. The Kier molecular flexibility index (Phi) is 6.62. The minimum absolute atomic E-state index is 0.314. The number of rotatable bonds is 6. The van der Waals surface area contributed by atoms with E-state index < -0.39 is 36.2 Å². The standard InChI is InChI=1S/C11H16O7/c1-6(16-7(2)13)11(18-9(4)15)10(5-12)17-8(3)14/h5-6,10-11H,1-4H3/t6-,10+,11-/m1/s1. The average molecular weight is 260 g/mol. The van der Waals surface area contributed by atoms with E-state index in [2.05, 4.69) is 4.74 Å². The molecular weight excluding hydrogens is 244 g/mol. The largest absolute Gasteiger partial charge is 0.459 e. The van der Waals surface area contributed by atoms with Crippen LogP contribution in [0.5, 0.6) is 0 Å². The van der Waals surface area contributed by atoms with Crippen LogP contribution in [-0.2, 0) is 33.4 Å². The average Bonchev–Trinajstić information content (AvgIpc) is 2.21. The van der Waals surface area contributed by atoms with Crippen molar-refractivity contribution in [2.75, 3.05) is 0 Å². The molecule has 0 radical (unpaired) electrons. The number of aldehydes is 1. The Labute approximate surface area is 104 Å². The van der Waals surface area contributed by atoms with E-state index in [0.717, 1.165) is 13.8 Å². The van der Waals surface area contributed by atoms with Crippen LogP contribution < -0.4 is 0 Å². The second kappa shape index (κ2) is 7.41. The van der Waals surface area contributed by atoms with Gasteiger partial charge < -0.3 is 14.2 Å². The zero-order valence-corrected chi connectivity index (χ0v) is 10.7. The molecule has 0 heterocycles. The van der Waals surface area contributed by atoms with Crippen molar-refractivity contribution in [1.29, 1.82) is 0 Å². The third-order valence-corrected chi connectivity index (χ3v) is 1.88. The van der Waals surface area contributed by atoms with Crippen LogP contribution in [0.1, 0.15) is 27.7 Å². The molecule has 0 amide bonds. The van der Waals surface area contributed by atoms with Crippen molar-refractivity contribution in [1.82, 2.24) is 0 Å². The molecule has 0 aromatic carbocycles. The van der Waals surface area contributed by atoms with Crippen LogP contribution in [0.3, 0.4) is 0 Å². The van der Waals surface area contributed by atoms with Crippen molar-refractivity contribution in [2.45, 2.75) is 46.0 Å². The fourth-order valence-electron chi connectivity index (χ4n) is 1.31. The fraction of sp³-hybridized carbons (Fsp3) is 0.636. The third kappa shape index (κ3) is 5.97. The first kappa shape index (κ1) is 16.1. The molecule has 7 heteroatoms. The predicted octanol–water partition coefficient (Wildman–Crippen LogP) is 0.000300. The molecule has 0 fully saturated rings. The number of hydrogen-bond acceptors (Lipinski definition) is 7. The second-order valence-corrected chi connectivity index (χ2v) is 3.60. The molecule has 0 N–H and O–H groups in total. The second-order valence-electron chi connectivity index (χ2n) is 3.60. The number of carbonyl (C=O) groups is 4. The van der Waals surface area contributed by atoms with Crippen LogP contribution in [0, 0.1) is 0 Å². The van der Waals surface area contributed by atoms with Crippen molar-refractivity contribution in [2.24, 2.45) is 0 Å². The number of esters is 3. The molecule has 0 spiro atoms. The summed E-state index contributed by atoms with van der Waals surface area (Å²) in [4.78, 5) is 43.4. The first-order chi connectivity index (χ1) is 8.27. The molecule has 0 bridgehead atoms. The number of carbonyl (C=O) groups excluding carboxylic acids is 4. The highest BCUT2D eigenvalue weighted by atomic mass is 16.6. The summed E-state index contributed by atoms with van der Waals surface area (Å²) in [7, 11) is 0. The molecule has 0 saturated heterocycles. The van der Waals surface area contributed by atoms with Crippen molar-refractivity contribution >= 4 is 24.2 Å².